The molecule has 2 aliphatic heterocycles. The zero-order chi connectivity index (χ0) is 18.1. The summed E-state index contributed by atoms with van der Waals surface area (Å²) in [5.74, 6) is -0.955. The maximum atomic E-state index is 13.8. The van der Waals surface area contributed by atoms with Gasteiger partial charge in [0, 0.05) is 37.4 Å². The molecule has 1 spiro atoms. The lowest BCUT2D eigenvalue weighted by atomic mass is 9.84. The number of halogens is 1. The van der Waals surface area contributed by atoms with Crippen LogP contribution in [0.5, 0.6) is 0 Å². The van der Waals surface area contributed by atoms with E-state index in [0.717, 1.165) is 12.8 Å². The van der Waals surface area contributed by atoms with E-state index >= 15 is 0 Å². The number of ether oxygens (including phenoxy) is 2. The van der Waals surface area contributed by atoms with Gasteiger partial charge in [-0.25, -0.2) is 4.39 Å². The second kappa shape index (κ2) is 6.81. The maximum Gasteiger partial charge on any atom is 0.256 e. The van der Waals surface area contributed by atoms with Crippen LogP contribution in [0.4, 0.5) is 4.39 Å². The molecular weight excluding hydrogens is 339 g/mol. The molecular formula is C19H21FN2O4. The van der Waals surface area contributed by atoms with Gasteiger partial charge in [0.1, 0.15) is 11.4 Å². The molecule has 2 aliphatic rings. The molecule has 1 amide bonds. The normalized spacial score (nSPS) is 22.4. The highest BCUT2D eigenvalue weighted by atomic mass is 19.1. The summed E-state index contributed by atoms with van der Waals surface area (Å²) in [7, 11) is 0. The molecule has 138 valence electrons. The molecule has 0 bridgehead atoms. The van der Waals surface area contributed by atoms with Crippen LogP contribution < -0.4 is 10.7 Å². The predicted octanol–water partition coefficient (Wildman–Crippen LogP) is 2.13. The second-order valence-electron chi connectivity index (χ2n) is 7.00. The zero-order valence-electron chi connectivity index (χ0n) is 14.3. The molecule has 0 saturated carbocycles. The highest BCUT2D eigenvalue weighted by molar-refractivity contribution is 5.97. The van der Waals surface area contributed by atoms with Crippen LogP contribution in [0.1, 0.15) is 36.0 Å². The van der Waals surface area contributed by atoms with E-state index in [4.69, 9.17) is 9.47 Å². The Morgan fingerprint density at radius 1 is 1.27 bits per heavy atom. The van der Waals surface area contributed by atoms with E-state index < -0.39 is 17.2 Å². The summed E-state index contributed by atoms with van der Waals surface area (Å²) in [5, 5.41) is 3.13. The van der Waals surface area contributed by atoms with Crippen molar-refractivity contribution < 1.29 is 18.7 Å². The Balaban J connectivity index is 1.54. The first kappa shape index (κ1) is 17.2. The number of benzene rings is 1. The Labute approximate surface area is 149 Å². The number of fused-ring (bicyclic) bond motifs is 1. The molecule has 0 aliphatic carbocycles. The lowest BCUT2D eigenvalue weighted by molar-refractivity contribution is -0.139. The topological polar surface area (TPSA) is 80.4 Å². The van der Waals surface area contributed by atoms with Gasteiger partial charge in [-0.1, -0.05) is 6.07 Å². The number of rotatable bonds is 2. The van der Waals surface area contributed by atoms with Crippen LogP contribution in [0.2, 0.25) is 0 Å². The third-order valence-electron chi connectivity index (χ3n) is 5.34. The minimum Gasteiger partial charge on any atom is -0.381 e. The fourth-order valence-electron chi connectivity index (χ4n) is 3.89. The van der Waals surface area contributed by atoms with E-state index in [-0.39, 0.29) is 28.1 Å². The Morgan fingerprint density at radius 2 is 2.08 bits per heavy atom. The molecule has 2 saturated heterocycles. The summed E-state index contributed by atoms with van der Waals surface area (Å²) in [6.07, 6.45) is 4.33. The fraction of sp³-hybridized carbons (Fsp3) is 0.474. The van der Waals surface area contributed by atoms with Crippen molar-refractivity contribution in [2.45, 2.75) is 37.3 Å². The molecule has 3 heterocycles. The Morgan fingerprint density at radius 3 is 2.88 bits per heavy atom. The Bertz CT molecular complexity index is 883. The van der Waals surface area contributed by atoms with Crippen molar-refractivity contribution in [1.29, 1.82) is 0 Å². The van der Waals surface area contributed by atoms with Crippen molar-refractivity contribution >= 4 is 16.8 Å². The molecule has 1 aromatic carbocycles. The molecule has 2 N–H and O–H groups in total. The Hall–Kier alpha value is -2.25. The zero-order valence-corrected chi connectivity index (χ0v) is 14.3. The van der Waals surface area contributed by atoms with E-state index in [0.29, 0.717) is 32.7 Å². The van der Waals surface area contributed by atoms with Gasteiger partial charge in [-0.3, -0.25) is 9.59 Å². The average Bonchev–Trinajstić information content (AvgIpc) is 2.63. The van der Waals surface area contributed by atoms with Crippen LogP contribution in [0.3, 0.4) is 0 Å². The summed E-state index contributed by atoms with van der Waals surface area (Å²) in [6.45, 7) is 1.90. The third-order valence-corrected chi connectivity index (χ3v) is 5.34. The standard InChI is InChI=1S/C19H21FN2O4/c20-15-3-1-2-13-16(15)21-11-14(17(13)23)18(24)22-12-4-7-26-19(10-12)5-8-25-9-6-19/h1-3,11-12H,4-10H2,(H,21,23)(H,22,24)/t12-/m1/s1. The number of hydrogen-bond donors (Lipinski definition) is 2. The minimum absolute atomic E-state index is 0.00406. The molecule has 2 fully saturated rings. The summed E-state index contributed by atoms with van der Waals surface area (Å²) in [6, 6.07) is 4.19. The Kier molecular flexibility index (Phi) is 4.50. The number of aromatic nitrogens is 1. The summed E-state index contributed by atoms with van der Waals surface area (Å²) in [5.41, 5.74) is -0.603. The number of aromatic amines is 1. The predicted molar refractivity (Wildman–Crippen MR) is 93.8 cm³/mol. The van der Waals surface area contributed by atoms with Crippen molar-refractivity contribution in [3.8, 4) is 0 Å². The number of amides is 1. The highest BCUT2D eigenvalue weighted by Crippen LogP contribution is 2.34. The van der Waals surface area contributed by atoms with Crippen molar-refractivity contribution in [2.24, 2.45) is 0 Å². The largest absolute Gasteiger partial charge is 0.381 e. The average molecular weight is 360 g/mol. The van der Waals surface area contributed by atoms with E-state index in [1.165, 1.54) is 24.4 Å². The fourth-order valence-corrected chi connectivity index (χ4v) is 3.89. The van der Waals surface area contributed by atoms with E-state index in [1.54, 1.807) is 0 Å². The van der Waals surface area contributed by atoms with Crippen LogP contribution in [0.25, 0.3) is 10.9 Å². The van der Waals surface area contributed by atoms with Gasteiger partial charge >= 0.3 is 0 Å². The molecule has 7 heteroatoms. The summed E-state index contributed by atoms with van der Waals surface area (Å²) in [4.78, 5) is 27.9. The van der Waals surface area contributed by atoms with Crippen LogP contribution >= 0.6 is 0 Å². The minimum atomic E-state index is -0.516. The van der Waals surface area contributed by atoms with Gasteiger partial charge in [-0.15, -0.1) is 0 Å². The van der Waals surface area contributed by atoms with Gasteiger partial charge in [-0.2, -0.15) is 0 Å². The number of para-hydroxylation sites is 1. The summed E-state index contributed by atoms with van der Waals surface area (Å²) < 4.78 is 25.2. The van der Waals surface area contributed by atoms with Crippen LogP contribution in [0.15, 0.2) is 29.2 Å². The highest BCUT2D eigenvalue weighted by Gasteiger charge is 2.39. The molecule has 6 nitrogen and oxygen atoms in total. The SMILES string of the molecule is O=C(N[C@@H]1CCOC2(CCOCC2)C1)c1c[nH]c2c(F)cccc2c1=O. The smallest absolute Gasteiger partial charge is 0.256 e. The van der Waals surface area contributed by atoms with Crippen molar-refractivity contribution in [2.75, 3.05) is 19.8 Å². The number of hydrogen-bond acceptors (Lipinski definition) is 4. The third kappa shape index (κ3) is 3.12. The number of nitrogens with one attached hydrogen (secondary N) is 2. The van der Waals surface area contributed by atoms with Gasteiger partial charge in [0.2, 0.25) is 5.43 Å². The van der Waals surface area contributed by atoms with Crippen molar-refractivity contribution in [3.63, 3.8) is 0 Å². The number of H-pyrrole nitrogens is 1. The van der Waals surface area contributed by atoms with E-state index in [1.807, 2.05) is 0 Å². The van der Waals surface area contributed by atoms with Crippen LogP contribution in [-0.4, -0.2) is 42.4 Å². The van der Waals surface area contributed by atoms with Gasteiger partial charge in [-0.05, 0) is 37.8 Å². The van der Waals surface area contributed by atoms with Crippen molar-refractivity contribution in [3.05, 3.63) is 46.0 Å². The lowest BCUT2D eigenvalue weighted by Crippen LogP contribution is -2.51. The lowest BCUT2D eigenvalue weighted by Gasteiger charge is -2.43. The molecule has 4 rings (SSSR count). The first-order valence-corrected chi connectivity index (χ1v) is 8.90. The van der Waals surface area contributed by atoms with Crippen LogP contribution in [-0.2, 0) is 9.47 Å². The van der Waals surface area contributed by atoms with Gasteiger partial charge in [0.05, 0.1) is 11.1 Å². The molecule has 1 aromatic heterocycles. The molecule has 26 heavy (non-hydrogen) atoms. The number of carbonyl (C=O) groups is 1. The number of carbonyl (C=O) groups excluding carboxylic acids is 1. The quantitative estimate of drug-likeness (QED) is 0.860. The first-order chi connectivity index (χ1) is 12.6. The van der Waals surface area contributed by atoms with E-state index in [2.05, 4.69) is 10.3 Å². The van der Waals surface area contributed by atoms with Gasteiger partial charge in [0.25, 0.3) is 5.91 Å². The van der Waals surface area contributed by atoms with Gasteiger partial charge in [0.15, 0.2) is 0 Å². The molecule has 0 unspecified atom stereocenters. The first-order valence-electron chi connectivity index (χ1n) is 8.90. The molecule has 2 aromatic rings. The maximum absolute atomic E-state index is 13.8. The molecule has 0 radical (unpaired) electrons. The van der Waals surface area contributed by atoms with E-state index in [9.17, 15) is 14.0 Å². The summed E-state index contributed by atoms with van der Waals surface area (Å²) >= 11 is 0. The van der Waals surface area contributed by atoms with Crippen molar-refractivity contribution in [1.82, 2.24) is 10.3 Å². The van der Waals surface area contributed by atoms with Gasteiger partial charge < -0.3 is 19.8 Å². The number of pyridine rings is 1. The monoisotopic (exact) mass is 360 g/mol. The second-order valence-corrected chi connectivity index (χ2v) is 7.00. The van der Waals surface area contributed by atoms with Crippen LogP contribution in [0, 0.1) is 5.82 Å². The molecule has 1 atom stereocenters.